The standard InChI is InChI=1S/C13H14FNO2/c1-7-11(13(2,3)12(16)17)9-6-8(14)4-5-10(9)15-7/h4-6,15H,1-3H3,(H,16,17). The van der Waals surface area contributed by atoms with Crippen molar-refractivity contribution in [3.8, 4) is 0 Å². The van der Waals surface area contributed by atoms with Crippen LogP contribution in [-0.2, 0) is 10.2 Å². The van der Waals surface area contributed by atoms with Gasteiger partial charge in [-0.1, -0.05) is 0 Å². The van der Waals surface area contributed by atoms with Crippen LogP contribution >= 0.6 is 0 Å². The fraction of sp³-hybridized carbons (Fsp3) is 0.308. The molecule has 0 bridgehead atoms. The molecular formula is C13H14FNO2. The zero-order chi connectivity index (χ0) is 12.8. The summed E-state index contributed by atoms with van der Waals surface area (Å²) in [7, 11) is 0. The van der Waals surface area contributed by atoms with Crippen LogP contribution < -0.4 is 0 Å². The van der Waals surface area contributed by atoms with E-state index in [1.54, 1.807) is 26.8 Å². The first-order chi connectivity index (χ1) is 7.84. The Balaban J connectivity index is 2.80. The molecule has 1 heterocycles. The summed E-state index contributed by atoms with van der Waals surface area (Å²) >= 11 is 0. The molecule has 90 valence electrons. The van der Waals surface area contributed by atoms with Gasteiger partial charge in [0.15, 0.2) is 0 Å². The zero-order valence-corrected chi connectivity index (χ0v) is 9.97. The maximum absolute atomic E-state index is 13.3. The largest absolute Gasteiger partial charge is 0.481 e. The van der Waals surface area contributed by atoms with Crippen LogP contribution in [0.1, 0.15) is 25.1 Å². The smallest absolute Gasteiger partial charge is 0.313 e. The van der Waals surface area contributed by atoms with Gasteiger partial charge in [0.2, 0.25) is 0 Å². The molecule has 1 aromatic heterocycles. The van der Waals surface area contributed by atoms with Crippen LogP contribution in [0, 0.1) is 12.7 Å². The normalized spacial score (nSPS) is 12.0. The quantitative estimate of drug-likeness (QED) is 0.840. The molecule has 1 aromatic carbocycles. The maximum atomic E-state index is 13.3. The minimum absolute atomic E-state index is 0.362. The summed E-state index contributed by atoms with van der Waals surface area (Å²) in [5.74, 6) is -1.29. The van der Waals surface area contributed by atoms with Crippen molar-refractivity contribution in [3.05, 3.63) is 35.3 Å². The Morgan fingerprint density at radius 1 is 1.41 bits per heavy atom. The van der Waals surface area contributed by atoms with Crippen molar-refractivity contribution in [2.45, 2.75) is 26.2 Å². The Bertz CT molecular complexity index is 599. The number of carboxylic acid groups (broad SMARTS) is 1. The number of aliphatic carboxylic acids is 1. The lowest BCUT2D eigenvalue weighted by Gasteiger charge is -2.20. The second-order valence-electron chi connectivity index (χ2n) is 4.75. The molecule has 0 saturated heterocycles. The first-order valence-electron chi connectivity index (χ1n) is 5.35. The number of aromatic nitrogens is 1. The highest BCUT2D eigenvalue weighted by atomic mass is 19.1. The molecule has 0 aliphatic heterocycles. The molecule has 3 nitrogen and oxygen atoms in total. The van der Waals surface area contributed by atoms with Crippen molar-refractivity contribution in [2.75, 3.05) is 0 Å². The average molecular weight is 235 g/mol. The van der Waals surface area contributed by atoms with Gasteiger partial charge in [-0.3, -0.25) is 4.79 Å². The third-order valence-electron chi connectivity index (χ3n) is 3.11. The molecule has 0 unspecified atom stereocenters. The van der Waals surface area contributed by atoms with Gasteiger partial charge in [-0.25, -0.2) is 4.39 Å². The second kappa shape index (κ2) is 3.58. The summed E-state index contributed by atoms with van der Waals surface area (Å²) in [6, 6.07) is 4.35. The number of rotatable bonds is 2. The molecule has 0 fully saturated rings. The number of aromatic amines is 1. The predicted octanol–water partition coefficient (Wildman–Crippen LogP) is 2.98. The van der Waals surface area contributed by atoms with Crippen molar-refractivity contribution in [1.82, 2.24) is 4.98 Å². The Kier molecular flexibility index (Phi) is 2.45. The lowest BCUT2D eigenvalue weighted by molar-refractivity contribution is -0.142. The third kappa shape index (κ3) is 1.69. The van der Waals surface area contributed by atoms with E-state index in [0.29, 0.717) is 10.9 Å². The number of carboxylic acids is 1. The van der Waals surface area contributed by atoms with E-state index >= 15 is 0 Å². The zero-order valence-electron chi connectivity index (χ0n) is 9.97. The molecule has 0 radical (unpaired) electrons. The molecule has 2 N–H and O–H groups in total. The fourth-order valence-electron chi connectivity index (χ4n) is 2.21. The minimum Gasteiger partial charge on any atom is -0.481 e. The number of halogens is 1. The van der Waals surface area contributed by atoms with Crippen LogP contribution in [0.25, 0.3) is 10.9 Å². The van der Waals surface area contributed by atoms with E-state index in [1.807, 2.05) is 0 Å². The summed E-state index contributed by atoms with van der Waals surface area (Å²) < 4.78 is 13.3. The fourth-order valence-corrected chi connectivity index (χ4v) is 2.21. The van der Waals surface area contributed by atoms with Gasteiger partial charge in [-0.05, 0) is 44.5 Å². The molecule has 0 aliphatic rings. The molecule has 4 heteroatoms. The number of fused-ring (bicyclic) bond motifs is 1. The number of hydrogen-bond acceptors (Lipinski definition) is 1. The van der Waals surface area contributed by atoms with Crippen molar-refractivity contribution < 1.29 is 14.3 Å². The summed E-state index contributed by atoms with van der Waals surface area (Å²) in [6.45, 7) is 5.05. The average Bonchev–Trinajstić information content (AvgIpc) is 2.53. The topological polar surface area (TPSA) is 53.1 Å². The van der Waals surface area contributed by atoms with Crippen molar-refractivity contribution in [1.29, 1.82) is 0 Å². The summed E-state index contributed by atoms with van der Waals surface area (Å²) in [6.07, 6.45) is 0. The molecule has 17 heavy (non-hydrogen) atoms. The third-order valence-corrected chi connectivity index (χ3v) is 3.11. The Morgan fingerprint density at radius 2 is 2.06 bits per heavy atom. The van der Waals surface area contributed by atoms with E-state index in [4.69, 9.17) is 0 Å². The van der Waals surface area contributed by atoms with Gasteiger partial charge in [-0.2, -0.15) is 0 Å². The van der Waals surface area contributed by atoms with Gasteiger partial charge >= 0.3 is 5.97 Å². The van der Waals surface area contributed by atoms with E-state index < -0.39 is 11.4 Å². The van der Waals surface area contributed by atoms with Gasteiger partial charge in [0, 0.05) is 16.6 Å². The van der Waals surface area contributed by atoms with Crippen LogP contribution in [0.15, 0.2) is 18.2 Å². The molecule has 2 aromatic rings. The van der Waals surface area contributed by atoms with Gasteiger partial charge in [0.25, 0.3) is 0 Å². The van der Waals surface area contributed by atoms with Crippen molar-refractivity contribution >= 4 is 16.9 Å². The molecule has 0 aliphatic carbocycles. The van der Waals surface area contributed by atoms with E-state index in [9.17, 15) is 14.3 Å². The van der Waals surface area contributed by atoms with Crippen LogP contribution in [0.2, 0.25) is 0 Å². The Hall–Kier alpha value is -1.84. The maximum Gasteiger partial charge on any atom is 0.313 e. The lowest BCUT2D eigenvalue weighted by Crippen LogP contribution is -2.29. The Labute approximate surface area is 98.3 Å². The predicted molar refractivity (Wildman–Crippen MR) is 63.7 cm³/mol. The molecule has 0 amide bonds. The van der Waals surface area contributed by atoms with E-state index in [-0.39, 0.29) is 5.82 Å². The SMILES string of the molecule is Cc1[nH]c2ccc(F)cc2c1C(C)(C)C(=O)O. The van der Waals surface area contributed by atoms with E-state index in [0.717, 1.165) is 11.2 Å². The molecule has 2 rings (SSSR count). The molecule has 0 saturated carbocycles. The van der Waals surface area contributed by atoms with E-state index in [1.165, 1.54) is 12.1 Å². The summed E-state index contributed by atoms with van der Waals surface area (Å²) in [5, 5.41) is 9.89. The monoisotopic (exact) mass is 235 g/mol. The minimum atomic E-state index is -1.05. The highest BCUT2D eigenvalue weighted by Crippen LogP contribution is 2.33. The van der Waals surface area contributed by atoms with Crippen molar-refractivity contribution in [2.24, 2.45) is 0 Å². The van der Waals surface area contributed by atoms with Gasteiger partial charge < -0.3 is 10.1 Å². The number of benzene rings is 1. The summed E-state index contributed by atoms with van der Waals surface area (Å²) in [5.41, 5.74) is 1.11. The van der Waals surface area contributed by atoms with Crippen LogP contribution in [0.3, 0.4) is 0 Å². The number of nitrogens with one attached hydrogen (secondary N) is 1. The van der Waals surface area contributed by atoms with Gasteiger partial charge in [-0.15, -0.1) is 0 Å². The van der Waals surface area contributed by atoms with Gasteiger partial charge in [0.1, 0.15) is 5.82 Å². The number of hydrogen-bond donors (Lipinski definition) is 2. The van der Waals surface area contributed by atoms with Crippen LogP contribution in [0.4, 0.5) is 4.39 Å². The highest BCUT2D eigenvalue weighted by molar-refractivity contribution is 5.92. The number of H-pyrrole nitrogens is 1. The highest BCUT2D eigenvalue weighted by Gasteiger charge is 2.33. The second-order valence-corrected chi connectivity index (χ2v) is 4.75. The molecule has 0 spiro atoms. The first kappa shape index (κ1) is 11.6. The summed E-state index contributed by atoms with van der Waals surface area (Å²) in [4.78, 5) is 14.4. The molecular weight excluding hydrogens is 221 g/mol. The lowest BCUT2D eigenvalue weighted by atomic mass is 9.83. The van der Waals surface area contributed by atoms with E-state index in [2.05, 4.69) is 4.98 Å². The van der Waals surface area contributed by atoms with Crippen LogP contribution in [0.5, 0.6) is 0 Å². The van der Waals surface area contributed by atoms with Gasteiger partial charge in [0.05, 0.1) is 5.41 Å². The molecule has 0 atom stereocenters. The Morgan fingerprint density at radius 3 is 2.65 bits per heavy atom. The van der Waals surface area contributed by atoms with Crippen molar-refractivity contribution in [3.63, 3.8) is 0 Å². The number of aryl methyl sites for hydroxylation is 1. The van der Waals surface area contributed by atoms with Crippen LogP contribution in [-0.4, -0.2) is 16.1 Å². The first-order valence-corrected chi connectivity index (χ1v) is 5.35. The number of carbonyl (C=O) groups is 1.